The van der Waals surface area contributed by atoms with Gasteiger partial charge in [0.25, 0.3) is 11.8 Å². The minimum absolute atomic E-state index is 0.00200. The summed E-state index contributed by atoms with van der Waals surface area (Å²) in [6.07, 6.45) is 0.00400. The Morgan fingerprint density at radius 3 is 2.26 bits per heavy atom. The Morgan fingerprint density at radius 1 is 1.00 bits per heavy atom. The van der Waals surface area contributed by atoms with Gasteiger partial charge in [-0.3, -0.25) is 9.59 Å². The predicted octanol–water partition coefficient (Wildman–Crippen LogP) is 3.45. The number of anilines is 1. The van der Waals surface area contributed by atoms with E-state index in [-0.39, 0.29) is 24.0 Å². The number of ether oxygens (including phenoxy) is 1. The van der Waals surface area contributed by atoms with Gasteiger partial charge >= 0.3 is 0 Å². The summed E-state index contributed by atoms with van der Waals surface area (Å²) < 4.78 is 5.82. The molecular weight excluding hydrogens is 360 g/mol. The molecule has 0 aliphatic carbocycles. The maximum absolute atomic E-state index is 13.4. The van der Waals surface area contributed by atoms with Gasteiger partial charge in [-0.2, -0.15) is 0 Å². The number of hydrogen-bond donors (Lipinski definition) is 0. The highest BCUT2D eigenvalue weighted by atomic mass is 32.1. The van der Waals surface area contributed by atoms with Gasteiger partial charge in [0.2, 0.25) is 0 Å². The summed E-state index contributed by atoms with van der Waals surface area (Å²) in [6.45, 7) is 7.15. The predicted molar refractivity (Wildman–Crippen MR) is 106 cm³/mol. The first-order valence-corrected chi connectivity index (χ1v) is 9.97. The second kappa shape index (κ2) is 6.94. The summed E-state index contributed by atoms with van der Waals surface area (Å²) in [4.78, 5) is 30.8. The molecule has 1 saturated heterocycles. The Bertz CT molecular complexity index is 892. The fourth-order valence-corrected chi connectivity index (χ4v) is 4.51. The van der Waals surface area contributed by atoms with Crippen molar-refractivity contribution in [2.75, 3.05) is 18.0 Å². The van der Waals surface area contributed by atoms with Crippen molar-refractivity contribution in [3.63, 3.8) is 0 Å². The van der Waals surface area contributed by atoms with Crippen molar-refractivity contribution in [2.24, 2.45) is 0 Å². The third kappa shape index (κ3) is 3.19. The lowest BCUT2D eigenvalue weighted by molar-refractivity contribution is -0.121. The molecule has 0 saturated carbocycles. The molecule has 2 unspecified atom stereocenters. The van der Waals surface area contributed by atoms with E-state index < -0.39 is 0 Å². The number of carbonyl (C=O) groups excluding carboxylic acids is 2. The van der Waals surface area contributed by atoms with E-state index in [9.17, 15) is 9.59 Å². The van der Waals surface area contributed by atoms with Gasteiger partial charge in [-0.15, -0.1) is 11.3 Å². The highest BCUT2D eigenvalue weighted by molar-refractivity contribution is 7.11. The number of benzene rings is 1. The van der Waals surface area contributed by atoms with Crippen molar-refractivity contribution in [2.45, 2.75) is 33.0 Å². The molecule has 2 aliphatic rings. The summed E-state index contributed by atoms with van der Waals surface area (Å²) >= 11 is 1.48. The molecule has 2 atom stereocenters. The number of rotatable bonds is 3. The molecule has 2 aliphatic heterocycles. The fraction of sp³-hybridized carbons (Fsp3) is 0.333. The summed E-state index contributed by atoms with van der Waals surface area (Å²) in [5.74, 6) is -0.512. The Kier molecular flexibility index (Phi) is 4.61. The summed E-state index contributed by atoms with van der Waals surface area (Å²) in [5.41, 5.74) is 2.68. The van der Waals surface area contributed by atoms with Gasteiger partial charge in [-0.25, -0.2) is 4.90 Å². The van der Waals surface area contributed by atoms with E-state index in [4.69, 9.17) is 4.74 Å². The summed E-state index contributed by atoms with van der Waals surface area (Å²) in [6, 6.07) is 11.3. The number of hydrogen-bond acceptors (Lipinski definition) is 5. The van der Waals surface area contributed by atoms with Gasteiger partial charge in [-0.1, -0.05) is 23.8 Å². The van der Waals surface area contributed by atoms with Crippen molar-refractivity contribution >= 4 is 34.4 Å². The molecule has 1 fully saturated rings. The lowest BCUT2D eigenvalue weighted by Crippen LogP contribution is -2.47. The van der Waals surface area contributed by atoms with Gasteiger partial charge in [0, 0.05) is 18.0 Å². The van der Waals surface area contributed by atoms with Crippen LogP contribution >= 0.6 is 11.3 Å². The Morgan fingerprint density at radius 2 is 1.67 bits per heavy atom. The Hall–Kier alpha value is -2.44. The van der Waals surface area contributed by atoms with Crippen molar-refractivity contribution in [1.82, 2.24) is 4.90 Å². The number of carbonyl (C=O) groups is 2. The minimum Gasteiger partial charge on any atom is -0.372 e. The van der Waals surface area contributed by atoms with Crippen molar-refractivity contribution in [3.8, 4) is 0 Å². The maximum atomic E-state index is 13.4. The first kappa shape index (κ1) is 17.9. The van der Waals surface area contributed by atoms with Crippen LogP contribution in [0.15, 0.2) is 47.5 Å². The van der Waals surface area contributed by atoms with E-state index in [2.05, 4.69) is 0 Å². The van der Waals surface area contributed by atoms with Gasteiger partial charge < -0.3 is 9.64 Å². The zero-order chi connectivity index (χ0) is 19.1. The topological polar surface area (TPSA) is 49.9 Å². The zero-order valence-corrected chi connectivity index (χ0v) is 16.5. The average Bonchev–Trinajstić information content (AvgIpc) is 3.21. The molecule has 27 heavy (non-hydrogen) atoms. The standard InChI is InChI=1S/C21H22N2O3S/c1-13-6-8-16(9-7-13)23-20(24)18(17-5-4-10-27-17)19(21(23)25)22-11-14(2)26-15(3)12-22/h4-10,14-15H,11-12H2,1-3H3. The third-order valence-electron chi connectivity index (χ3n) is 4.86. The number of thiophene rings is 1. The number of aryl methyl sites for hydroxylation is 1. The van der Waals surface area contributed by atoms with Crippen LogP contribution in [0.5, 0.6) is 0 Å². The fourth-order valence-electron chi connectivity index (χ4n) is 3.74. The number of imide groups is 1. The number of morpholine rings is 1. The van der Waals surface area contributed by atoms with Crippen LogP contribution in [0.4, 0.5) is 5.69 Å². The molecule has 6 heteroatoms. The third-order valence-corrected chi connectivity index (χ3v) is 5.74. The van der Waals surface area contributed by atoms with E-state index >= 15 is 0 Å². The van der Waals surface area contributed by atoms with Gasteiger partial charge in [0.15, 0.2) is 0 Å². The number of nitrogens with zero attached hydrogens (tertiary/aromatic N) is 2. The van der Waals surface area contributed by atoms with Crippen LogP contribution in [0.25, 0.3) is 5.57 Å². The monoisotopic (exact) mass is 382 g/mol. The Labute approximate surface area is 162 Å². The van der Waals surface area contributed by atoms with E-state index in [0.717, 1.165) is 10.4 Å². The molecule has 0 N–H and O–H groups in total. The van der Waals surface area contributed by atoms with Crippen LogP contribution in [0, 0.1) is 6.92 Å². The second-order valence-corrected chi connectivity index (χ2v) is 8.09. The summed E-state index contributed by atoms with van der Waals surface area (Å²) in [5, 5.41) is 1.93. The molecule has 0 bridgehead atoms. The normalized spacial score (nSPS) is 23.5. The van der Waals surface area contributed by atoms with Gasteiger partial charge in [-0.05, 0) is 44.4 Å². The lowest BCUT2D eigenvalue weighted by Gasteiger charge is -2.37. The largest absolute Gasteiger partial charge is 0.372 e. The molecule has 2 aromatic rings. The molecule has 4 rings (SSSR count). The SMILES string of the molecule is Cc1ccc(N2C(=O)C(c3cccs3)=C(N3CC(C)OC(C)C3)C2=O)cc1. The van der Waals surface area contributed by atoms with Crippen molar-refractivity contribution < 1.29 is 14.3 Å². The highest BCUT2D eigenvalue weighted by Gasteiger charge is 2.44. The zero-order valence-electron chi connectivity index (χ0n) is 15.6. The van der Waals surface area contributed by atoms with Crippen molar-refractivity contribution in [3.05, 3.63) is 57.9 Å². The van der Waals surface area contributed by atoms with Crippen LogP contribution in [-0.4, -0.2) is 42.0 Å². The van der Waals surface area contributed by atoms with E-state index in [0.29, 0.717) is 30.0 Å². The summed E-state index contributed by atoms with van der Waals surface area (Å²) in [7, 11) is 0. The van der Waals surface area contributed by atoms with Crippen LogP contribution < -0.4 is 4.90 Å². The van der Waals surface area contributed by atoms with E-state index in [1.54, 1.807) is 0 Å². The Balaban J connectivity index is 1.80. The first-order valence-electron chi connectivity index (χ1n) is 9.09. The molecular formula is C21H22N2O3S. The quantitative estimate of drug-likeness (QED) is 0.763. The number of amides is 2. The van der Waals surface area contributed by atoms with Crippen LogP contribution in [-0.2, 0) is 14.3 Å². The molecule has 5 nitrogen and oxygen atoms in total. The molecule has 140 valence electrons. The molecule has 1 aromatic carbocycles. The van der Waals surface area contributed by atoms with Crippen LogP contribution in [0.2, 0.25) is 0 Å². The van der Waals surface area contributed by atoms with E-state index in [1.807, 2.05) is 67.4 Å². The second-order valence-electron chi connectivity index (χ2n) is 7.14. The smallest absolute Gasteiger partial charge is 0.282 e. The van der Waals surface area contributed by atoms with Crippen LogP contribution in [0.3, 0.4) is 0 Å². The lowest BCUT2D eigenvalue weighted by atomic mass is 10.1. The van der Waals surface area contributed by atoms with Gasteiger partial charge in [0.1, 0.15) is 5.70 Å². The van der Waals surface area contributed by atoms with Crippen molar-refractivity contribution in [1.29, 1.82) is 0 Å². The molecule has 0 radical (unpaired) electrons. The molecule has 3 heterocycles. The molecule has 1 aromatic heterocycles. The highest BCUT2D eigenvalue weighted by Crippen LogP contribution is 2.37. The van der Waals surface area contributed by atoms with E-state index in [1.165, 1.54) is 16.2 Å². The molecule has 0 spiro atoms. The average molecular weight is 382 g/mol. The first-order chi connectivity index (χ1) is 13.0. The van der Waals surface area contributed by atoms with Crippen LogP contribution in [0.1, 0.15) is 24.3 Å². The van der Waals surface area contributed by atoms with Gasteiger partial charge in [0.05, 0.1) is 23.5 Å². The molecule has 2 amide bonds. The maximum Gasteiger partial charge on any atom is 0.282 e. The minimum atomic E-state index is -0.256.